The third-order valence-electron chi connectivity index (χ3n) is 4.22. The molecular weight excluding hydrogens is 252 g/mol. The Balaban J connectivity index is 2.65. The van der Waals surface area contributed by atoms with Crippen molar-refractivity contribution in [1.29, 1.82) is 0 Å². The molecule has 0 radical (unpaired) electrons. The highest BCUT2D eigenvalue weighted by Gasteiger charge is 2.26. The van der Waals surface area contributed by atoms with Crippen molar-refractivity contribution in [2.24, 2.45) is 0 Å². The summed E-state index contributed by atoms with van der Waals surface area (Å²) >= 11 is 0. The van der Waals surface area contributed by atoms with Crippen molar-refractivity contribution in [3.05, 3.63) is 0 Å². The van der Waals surface area contributed by atoms with Gasteiger partial charge < -0.3 is 10.0 Å². The molecule has 0 bridgehead atoms. The standard InChI is InChI=1S/C16H32N2O2/c1-13(2)18(14(3)4)16(20)12-17(10-11-19)15-8-6-5-7-9-15/h13-15,19H,5-12H2,1-4H3. The second kappa shape index (κ2) is 8.63. The van der Waals surface area contributed by atoms with Gasteiger partial charge in [-0.2, -0.15) is 0 Å². The Hall–Kier alpha value is -0.610. The summed E-state index contributed by atoms with van der Waals surface area (Å²) < 4.78 is 0. The lowest BCUT2D eigenvalue weighted by atomic mass is 9.94. The fourth-order valence-electron chi connectivity index (χ4n) is 3.39. The van der Waals surface area contributed by atoms with Crippen molar-refractivity contribution in [3.8, 4) is 0 Å². The topological polar surface area (TPSA) is 43.8 Å². The molecule has 1 saturated carbocycles. The number of aliphatic hydroxyl groups excluding tert-OH is 1. The summed E-state index contributed by atoms with van der Waals surface area (Å²) in [6, 6.07) is 0.927. The number of aliphatic hydroxyl groups is 1. The third-order valence-corrected chi connectivity index (χ3v) is 4.22. The van der Waals surface area contributed by atoms with E-state index >= 15 is 0 Å². The molecule has 20 heavy (non-hydrogen) atoms. The zero-order valence-electron chi connectivity index (χ0n) is 13.6. The average Bonchev–Trinajstić information content (AvgIpc) is 2.38. The summed E-state index contributed by atoms with van der Waals surface area (Å²) in [6.45, 7) is 9.45. The van der Waals surface area contributed by atoms with Crippen molar-refractivity contribution < 1.29 is 9.90 Å². The van der Waals surface area contributed by atoms with Gasteiger partial charge in [0.15, 0.2) is 0 Å². The molecule has 0 spiro atoms. The summed E-state index contributed by atoms with van der Waals surface area (Å²) in [7, 11) is 0. The molecule has 0 aromatic rings. The van der Waals surface area contributed by atoms with Gasteiger partial charge in [0.2, 0.25) is 5.91 Å². The fraction of sp³-hybridized carbons (Fsp3) is 0.938. The van der Waals surface area contributed by atoms with E-state index < -0.39 is 0 Å². The molecular formula is C16H32N2O2. The van der Waals surface area contributed by atoms with Crippen molar-refractivity contribution >= 4 is 5.91 Å². The van der Waals surface area contributed by atoms with Gasteiger partial charge in [0.25, 0.3) is 0 Å². The first kappa shape index (κ1) is 17.4. The Labute approximate surface area is 124 Å². The number of amides is 1. The largest absolute Gasteiger partial charge is 0.395 e. The predicted octanol–water partition coefficient (Wildman–Crippen LogP) is 2.26. The lowest BCUT2D eigenvalue weighted by molar-refractivity contribution is -0.136. The normalized spacial score (nSPS) is 17.2. The number of hydrogen-bond donors (Lipinski definition) is 1. The minimum Gasteiger partial charge on any atom is -0.395 e. The van der Waals surface area contributed by atoms with Crippen molar-refractivity contribution in [3.63, 3.8) is 0 Å². The molecule has 0 unspecified atom stereocenters. The van der Waals surface area contributed by atoms with E-state index in [1.54, 1.807) is 0 Å². The Morgan fingerprint density at radius 3 is 2.10 bits per heavy atom. The van der Waals surface area contributed by atoms with Crippen LogP contribution >= 0.6 is 0 Å². The van der Waals surface area contributed by atoms with E-state index in [0.29, 0.717) is 19.1 Å². The van der Waals surface area contributed by atoms with Crippen LogP contribution in [0.25, 0.3) is 0 Å². The molecule has 1 aliphatic rings. The van der Waals surface area contributed by atoms with Crippen LogP contribution in [-0.4, -0.2) is 58.6 Å². The van der Waals surface area contributed by atoms with E-state index in [1.165, 1.54) is 19.3 Å². The van der Waals surface area contributed by atoms with E-state index in [9.17, 15) is 9.90 Å². The lowest BCUT2D eigenvalue weighted by Gasteiger charge is -2.37. The van der Waals surface area contributed by atoms with Crippen molar-refractivity contribution in [2.75, 3.05) is 19.7 Å². The predicted molar refractivity (Wildman–Crippen MR) is 82.6 cm³/mol. The molecule has 118 valence electrons. The monoisotopic (exact) mass is 284 g/mol. The molecule has 1 aliphatic carbocycles. The molecule has 1 N–H and O–H groups in total. The van der Waals surface area contributed by atoms with Gasteiger partial charge in [-0.25, -0.2) is 0 Å². The average molecular weight is 284 g/mol. The molecule has 4 nitrogen and oxygen atoms in total. The molecule has 0 aromatic carbocycles. The fourth-order valence-corrected chi connectivity index (χ4v) is 3.39. The summed E-state index contributed by atoms with van der Waals surface area (Å²) in [5, 5.41) is 9.27. The first-order valence-electron chi connectivity index (χ1n) is 8.13. The van der Waals surface area contributed by atoms with Crippen LogP contribution in [0.2, 0.25) is 0 Å². The summed E-state index contributed by atoms with van der Waals surface area (Å²) in [5.74, 6) is 0.189. The Kier molecular flexibility index (Phi) is 7.52. The van der Waals surface area contributed by atoms with E-state index in [1.807, 2.05) is 4.90 Å². The van der Waals surface area contributed by atoms with E-state index in [2.05, 4.69) is 32.6 Å². The highest BCUT2D eigenvalue weighted by molar-refractivity contribution is 5.78. The van der Waals surface area contributed by atoms with Gasteiger partial charge in [0.05, 0.1) is 13.2 Å². The van der Waals surface area contributed by atoms with E-state index in [-0.39, 0.29) is 24.6 Å². The van der Waals surface area contributed by atoms with Crippen LogP contribution < -0.4 is 0 Å². The zero-order chi connectivity index (χ0) is 15.1. The highest BCUT2D eigenvalue weighted by atomic mass is 16.3. The summed E-state index contributed by atoms with van der Waals surface area (Å²) in [6.07, 6.45) is 6.13. The molecule has 0 aromatic heterocycles. The second-order valence-corrected chi connectivity index (χ2v) is 6.47. The van der Waals surface area contributed by atoms with Crippen LogP contribution in [0.15, 0.2) is 0 Å². The molecule has 0 aliphatic heterocycles. The number of carbonyl (C=O) groups is 1. The molecule has 1 fully saturated rings. The molecule has 1 rings (SSSR count). The van der Waals surface area contributed by atoms with E-state index in [4.69, 9.17) is 0 Å². The molecule has 0 atom stereocenters. The summed E-state index contributed by atoms with van der Waals surface area (Å²) in [4.78, 5) is 16.7. The quantitative estimate of drug-likeness (QED) is 0.780. The Morgan fingerprint density at radius 1 is 1.10 bits per heavy atom. The highest BCUT2D eigenvalue weighted by Crippen LogP contribution is 2.22. The molecule has 4 heteroatoms. The van der Waals surface area contributed by atoms with E-state index in [0.717, 1.165) is 12.8 Å². The maximum atomic E-state index is 12.6. The van der Waals surface area contributed by atoms with Crippen LogP contribution in [0.5, 0.6) is 0 Å². The van der Waals surface area contributed by atoms with Gasteiger partial charge in [-0.1, -0.05) is 19.3 Å². The number of carbonyl (C=O) groups excluding carboxylic acids is 1. The number of hydrogen-bond acceptors (Lipinski definition) is 3. The van der Waals surface area contributed by atoms with Crippen LogP contribution in [0, 0.1) is 0 Å². The van der Waals surface area contributed by atoms with Crippen LogP contribution in [0.1, 0.15) is 59.8 Å². The molecule has 1 amide bonds. The van der Waals surface area contributed by atoms with Gasteiger partial charge in [0.1, 0.15) is 0 Å². The number of nitrogens with zero attached hydrogens (tertiary/aromatic N) is 2. The minimum atomic E-state index is 0.132. The molecule has 0 saturated heterocycles. The van der Waals surface area contributed by atoms with Gasteiger partial charge in [-0.3, -0.25) is 9.69 Å². The van der Waals surface area contributed by atoms with Crippen LogP contribution in [0.3, 0.4) is 0 Å². The lowest BCUT2D eigenvalue weighted by Crippen LogP contribution is -2.50. The zero-order valence-corrected chi connectivity index (χ0v) is 13.6. The van der Waals surface area contributed by atoms with Gasteiger partial charge in [-0.05, 0) is 40.5 Å². The van der Waals surface area contributed by atoms with Crippen LogP contribution in [-0.2, 0) is 4.79 Å². The SMILES string of the molecule is CC(C)N(C(=O)CN(CCO)C1CCCCC1)C(C)C. The Morgan fingerprint density at radius 2 is 1.65 bits per heavy atom. The molecule has 0 heterocycles. The summed E-state index contributed by atoms with van der Waals surface area (Å²) in [5.41, 5.74) is 0. The number of rotatable bonds is 7. The maximum absolute atomic E-state index is 12.6. The second-order valence-electron chi connectivity index (χ2n) is 6.47. The van der Waals surface area contributed by atoms with Gasteiger partial charge in [-0.15, -0.1) is 0 Å². The van der Waals surface area contributed by atoms with Gasteiger partial charge >= 0.3 is 0 Å². The Bertz CT molecular complexity index is 278. The van der Waals surface area contributed by atoms with Crippen molar-refractivity contribution in [2.45, 2.75) is 77.9 Å². The maximum Gasteiger partial charge on any atom is 0.237 e. The van der Waals surface area contributed by atoms with Crippen molar-refractivity contribution in [1.82, 2.24) is 9.80 Å². The smallest absolute Gasteiger partial charge is 0.237 e. The van der Waals surface area contributed by atoms with Gasteiger partial charge in [0, 0.05) is 24.7 Å². The first-order valence-corrected chi connectivity index (χ1v) is 8.13. The first-order chi connectivity index (χ1) is 9.47. The minimum absolute atomic E-state index is 0.132. The third kappa shape index (κ3) is 5.06. The van der Waals surface area contributed by atoms with Crippen LogP contribution in [0.4, 0.5) is 0 Å².